The molecule has 0 saturated heterocycles. The number of aliphatic hydroxyl groups is 1. The van der Waals surface area contributed by atoms with Crippen LogP contribution in [0.5, 0.6) is 0 Å². The monoisotopic (exact) mass is 218 g/mol. The van der Waals surface area contributed by atoms with E-state index < -0.39 is 0 Å². The largest absolute Gasteiger partial charge is 0.395 e. The molecule has 1 atom stereocenters. The van der Waals surface area contributed by atoms with E-state index in [1.807, 2.05) is 6.08 Å². The molecule has 1 aliphatic rings. The van der Waals surface area contributed by atoms with Gasteiger partial charge in [0, 0.05) is 15.7 Å². The zero-order valence-electron chi connectivity index (χ0n) is 8.68. The summed E-state index contributed by atoms with van der Waals surface area (Å²) in [5.41, 5.74) is 1.28. The van der Waals surface area contributed by atoms with Gasteiger partial charge >= 0.3 is 0 Å². The Morgan fingerprint density at radius 1 is 1.27 bits per heavy atom. The van der Waals surface area contributed by atoms with Crippen LogP contribution in [-0.4, -0.2) is 11.7 Å². The molecular formula is C13H14OS. The van der Waals surface area contributed by atoms with Crippen LogP contribution >= 0.6 is 11.8 Å². The van der Waals surface area contributed by atoms with Gasteiger partial charge in [-0.1, -0.05) is 47.7 Å². The molecule has 15 heavy (non-hydrogen) atoms. The SMILES string of the molecule is Cc1ccc(SC2=C[C@H](CO)C=C2)cc1. The Labute approximate surface area is 94.5 Å². The summed E-state index contributed by atoms with van der Waals surface area (Å²) >= 11 is 1.74. The average molecular weight is 218 g/mol. The number of rotatable bonds is 3. The van der Waals surface area contributed by atoms with Crippen LogP contribution in [0.1, 0.15) is 5.56 Å². The van der Waals surface area contributed by atoms with Gasteiger partial charge in [-0.15, -0.1) is 0 Å². The molecular weight excluding hydrogens is 204 g/mol. The molecule has 0 aromatic heterocycles. The molecule has 2 rings (SSSR count). The van der Waals surface area contributed by atoms with Crippen LogP contribution < -0.4 is 0 Å². The lowest BCUT2D eigenvalue weighted by molar-refractivity contribution is 0.275. The minimum Gasteiger partial charge on any atom is -0.395 e. The molecule has 1 N–H and O–H groups in total. The van der Waals surface area contributed by atoms with Gasteiger partial charge in [-0.2, -0.15) is 0 Å². The zero-order valence-corrected chi connectivity index (χ0v) is 9.50. The molecule has 1 aromatic carbocycles. The van der Waals surface area contributed by atoms with E-state index in [0.717, 1.165) is 0 Å². The topological polar surface area (TPSA) is 20.2 Å². The third-order valence-electron chi connectivity index (χ3n) is 2.35. The highest BCUT2D eigenvalue weighted by molar-refractivity contribution is 8.03. The van der Waals surface area contributed by atoms with E-state index in [1.54, 1.807) is 11.8 Å². The van der Waals surface area contributed by atoms with Crippen LogP contribution in [0.25, 0.3) is 0 Å². The second-order valence-electron chi connectivity index (χ2n) is 3.69. The van der Waals surface area contributed by atoms with Crippen molar-refractivity contribution in [2.24, 2.45) is 5.92 Å². The van der Waals surface area contributed by atoms with E-state index >= 15 is 0 Å². The normalized spacial score (nSPS) is 19.3. The third kappa shape index (κ3) is 2.74. The minimum atomic E-state index is 0.203. The fourth-order valence-electron chi connectivity index (χ4n) is 1.46. The molecule has 0 bridgehead atoms. The maximum atomic E-state index is 8.98. The van der Waals surface area contributed by atoms with E-state index in [2.05, 4.69) is 43.3 Å². The van der Waals surface area contributed by atoms with Crippen molar-refractivity contribution in [1.82, 2.24) is 0 Å². The molecule has 0 unspecified atom stereocenters. The highest BCUT2D eigenvalue weighted by Gasteiger charge is 2.08. The Kier molecular flexibility index (Phi) is 3.29. The fourth-order valence-corrected chi connectivity index (χ4v) is 2.40. The summed E-state index contributed by atoms with van der Waals surface area (Å²) in [4.78, 5) is 2.47. The van der Waals surface area contributed by atoms with Gasteiger partial charge < -0.3 is 5.11 Å². The number of hydrogen-bond acceptors (Lipinski definition) is 2. The molecule has 0 fully saturated rings. The summed E-state index contributed by atoms with van der Waals surface area (Å²) < 4.78 is 0. The van der Waals surface area contributed by atoms with Crippen LogP contribution in [0.2, 0.25) is 0 Å². The predicted molar refractivity (Wildman–Crippen MR) is 64.8 cm³/mol. The van der Waals surface area contributed by atoms with E-state index in [-0.39, 0.29) is 12.5 Å². The van der Waals surface area contributed by atoms with Gasteiger partial charge in [0.15, 0.2) is 0 Å². The van der Waals surface area contributed by atoms with Crippen molar-refractivity contribution in [3.8, 4) is 0 Å². The van der Waals surface area contributed by atoms with Gasteiger partial charge in [0.05, 0.1) is 6.61 Å². The van der Waals surface area contributed by atoms with E-state index in [4.69, 9.17) is 5.11 Å². The van der Waals surface area contributed by atoms with Crippen molar-refractivity contribution in [1.29, 1.82) is 0 Å². The summed E-state index contributed by atoms with van der Waals surface area (Å²) in [6, 6.07) is 8.48. The van der Waals surface area contributed by atoms with Crippen molar-refractivity contribution < 1.29 is 5.11 Å². The molecule has 0 saturated carbocycles. The molecule has 0 amide bonds. The first-order valence-electron chi connectivity index (χ1n) is 5.03. The van der Waals surface area contributed by atoms with Crippen molar-refractivity contribution in [2.45, 2.75) is 11.8 Å². The van der Waals surface area contributed by atoms with Crippen molar-refractivity contribution in [2.75, 3.05) is 6.61 Å². The summed E-state index contributed by atoms with van der Waals surface area (Å²) in [7, 11) is 0. The van der Waals surface area contributed by atoms with Gasteiger partial charge in [-0.3, -0.25) is 0 Å². The van der Waals surface area contributed by atoms with Crippen LogP contribution in [-0.2, 0) is 0 Å². The van der Waals surface area contributed by atoms with E-state index in [1.165, 1.54) is 15.4 Å². The van der Waals surface area contributed by atoms with Crippen LogP contribution in [0.15, 0.2) is 52.3 Å². The van der Waals surface area contributed by atoms with Crippen LogP contribution in [0.3, 0.4) is 0 Å². The van der Waals surface area contributed by atoms with Gasteiger partial charge in [0.25, 0.3) is 0 Å². The lowest BCUT2D eigenvalue weighted by Gasteiger charge is -2.01. The minimum absolute atomic E-state index is 0.203. The Morgan fingerprint density at radius 2 is 2.00 bits per heavy atom. The number of hydrogen-bond donors (Lipinski definition) is 1. The predicted octanol–water partition coefficient (Wildman–Crippen LogP) is 3.15. The average Bonchev–Trinajstić information content (AvgIpc) is 2.69. The fraction of sp³-hybridized carbons (Fsp3) is 0.231. The highest BCUT2D eigenvalue weighted by Crippen LogP contribution is 2.32. The number of aliphatic hydroxyl groups excluding tert-OH is 1. The molecule has 78 valence electrons. The van der Waals surface area contributed by atoms with Gasteiger partial charge in [-0.05, 0) is 19.1 Å². The summed E-state index contributed by atoms with van der Waals surface area (Å²) in [6.07, 6.45) is 6.21. The van der Waals surface area contributed by atoms with Crippen LogP contribution in [0.4, 0.5) is 0 Å². The molecule has 1 nitrogen and oxygen atoms in total. The van der Waals surface area contributed by atoms with Crippen molar-refractivity contribution in [3.05, 3.63) is 53.0 Å². The number of thioether (sulfide) groups is 1. The molecule has 2 heteroatoms. The molecule has 0 spiro atoms. The summed E-state index contributed by atoms with van der Waals surface area (Å²) in [5, 5.41) is 8.98. The van der Waals surface area contributed by atoms with E-state index in [0.29, 0.717) is 0 Å². The molecule has 0 radical (unpaired) electrons. The standard InChI is InChI=1S/C13H14OS/c1-10-2-5-12(6-3-10)15-13-7-4-11(8-13)9-14/h2-8,11,14H,9H2,1H3/t11-/m1/s1. The highest BCUT2D eigenvalue weighted by atomic mass is 32.2. The molecule has 1 aromatic rings. The maximum absolute atomic E-state index is 8.98. The first kappa shape index (κ1) is 10.5. The van der Waals surface area contributed by atoms with Crippen molar-refractivity contribution >= 4 is 11.8 Å². The van der Waals surface area contributed by atoms with Crippen molar-refractivity contribution in [3.63, 3.8) is 0 Å². The lowest BCUT2D eigenvalue weighted by atomic mass is 10.2. The second-order valence-corrected chi connectivity index (χ2v) is 4.84. The number of benzene rings is 1. The summed E-state index contributed by atoms with van der Waals surface area (Å²) in [5.74, 6) is 0.206. The lowest BCUT2D eigenvalue weighted by Crippen LogP contribution is -1.94. The van der Waals surface area contributed by atoms with Gasteiger partial charge in [-0.25, -0.2) is 0 Å². The Balaban J connectivity index is 2.04. The smallest absolute Gasteiger partial charge is 0.0529 e. The number of aryl methyl sites for hydroxylation is 1. The Hall–Kier alpha value is -0.990. The van der Waals surface area contributed by atoms with Crippen LogP contribution in [0, 0.1) is 12.8 Å². The Morgan fingerprint density at radius 3 is 2.60 bits per heavy atom. The number of allylic oxidation sites excluding steroid dienone is 1. The molecule has 0 heterocycles. The quantitative estimate of drug-likeness (QED) is 0.841. The second kappa shape index (κ2) is 4.69. The first-order valence-corrected chi connectivity index (χ1v) is 5.85. The van der Waals surface area contributed by atoms with E-state index in [9.17, 15) is 0 Å². The molecule has 0 aliphatic heterocycles. The summed E-state index contributed by atoms with van der Waals surface area (Å²) in [6.45, 7) is 2.29. The molecule has 1 aliphatic carbocycles. The first-order chi connectivity index (χ1) is 7.28. The third-order valence-corrected chi connectivity index (χ3v) is 3.37. The maximum Gasteiger partial charge on any atom is 0.0529 e. The zero-order chi connectivity index (χ0) is 10.7. The van der Waals surface area contributed by atoms with Gasteiger partial charge in [0.1, 0.15) is 0 Å². The Bertz CT molecular complexity index is 390. The van der Waals surface area contributed by atoms with Gasteiger partial charge in [0.2, 0.25) is 0 Å².